The third kappa shape index (κ3) is 3.36. The Bertz CT molecular complexity index is 1200. The zero-order chi connectivity index (χ0) is 21.1. The van der Waals surface area contributed by atoms with Crippen LogP contribution in [0, 0.1) is 0 Å². The maximum absolute atomic E-state index is 11.1. The second-order valence-electron chi connectivity index (χ2n) is 9.91. The van der Waals surface area contributed by atoms with Crippen molar-refractivity contribution in [2.24, 2.45) is 0 Å². The van der Waals surface area contributed by atoms with Crippen molar-refractivity contribution in [2.45, 2.75) is 52.4 Å². The van der Waals surface area contributed by atoms with Gasteiger partial charge >= 0.3 is 0 Å². The minimum atomic E-state index is -0.158. The zero-order valence-electron chi connectivity index (χ0n) is 18.0. The summed E-state index contributed by atoms with van der Waals surface area (Å²) in [5, 5.41) is 12.4. The largest absolute Gasteiger partial charge is 0.507 e. The van der Waals surface area contributed by atoms with Crippen molar-refractivity contribution in [3.63, 3.8) is 0 Å². The molecule has 0 radical (unpaired) electrons. The van der Waals surface area contributed by atoms with Crippen LogP contribution in [0.3, 0.4) is 0 Å². The van der Waals surface area contributed by atoms with Gasteiger partial charge < -0.3 is 9.51 Å². The number of benzene rings is 2. The van der Waals surface area contributed by atoms with E-state index in [0.717, 1.165) is 21.2 Å². The Morgan fingerprint density at radius 1 is 0.793 bits per heavy atom. The van der Waals surface area contributed by atoms with Gasteiger partial charge in [0.1, 0.15) is 5.75 Å². The van der Waals surface area contributed by atoms with Gasteiger partial charge in [0.15, 0.2) is 0 Å². The fourth-order valence-electron chi connectivity index (χ4n) is 4.14. The first kappa shape index (κ1) is 20.0. The van der Waals surface area contributed by atoms with Gasteiger partial charge in [-0.2, -0.15) is 0 Å². The number of hydrogen-bond acceptors (Lipinski definition) is 1. The van der Waals surface area contributed by atoms with Gasteiger partial charge in [-0.3, -0.25) is 0 Å². The summed E-state index contributed by atoms with van der Waals surface area (Å²) in [6, 6.07) is 17.1. The van der Waals surface area contributed by atoms with E-state index >= 15 is 0 Å². The molecule has 0 aliphatic heterocycles. The van der Waals surface area contributed by atoms with Crippen molar-refractivity contribution in [3.05, 3.63) is 70.3 Å². The summed E-state index contributed by atoms with van der Waals surface area (Å²) in [7, 11) is 0. The molecule has 0 saturated heterocycles. The number of rotatable bonds is 1. The van der Waals surface area contributed by atoms with Gasteiger partial charge in [-0.05, 0) is 62.7 Å². The zero-order valence-corrected chi connectivity index (χ0v) is 19.6. The van der Waals surface area contributed by atoms with Gasteiger partial charge in [-0.1, -0.05) is 59.7 Å². The fourth-order valence-corrected chi connectivity index (χ4v) is 4.47. The second-order valence-corrected chi connectivity index (χ2v) is 10.8. The standard InChI is InChI=1S/C26H28BrNO/c1-25(2,3)19-13-16(14-20(24(19)29)26(4,5)6)23-18-9-7-8-10-21(18)28-15-17(27)11-12-22(23)28/h7-15,29H,1-6H3. The van der Waals surface area contributed by atoms with Crippen molar-refractivity contribution in [1.29, 1.82) is 0 Å². The van der Waals surface area contributed by atoms with Crippen LogP contribution in [0.2, 0.25) is 0 Å². The van der Waals surface area contributed by atoms with E-state index in [4.69, 9.17) is 0 Å². The van der Waals surface area contributed by atoms with Gasteiger partial charge in [0.05, 0.1) is 11.0 Å². The van der Waals surface area contributed by atoms with E-state index < -0.39 is 0 Å². The molecule has 0 fully saturated rings. The van der Waals surface area contributed by atoms with Gasteiger partial charge in [0.2, 0.25) is 0 Å². The Labute approximate surface area is 181 Å². The number of para-hydroxylation sites is 1. The molecule has 0 unspecified atom stereocenters. The monoisotopic (exact) mass is 449 g/mol. The second kappa shape index (κ2) is 6.63. The summed E-state index contributed by atoms with van der Waals surface area (Å²) in [5.74, 6) is 0.421. The molecule has 2 nitrogen and oxygen atoms in total. The highest BCUT2D eigenvalue weighted by molar-refractivity contribution is 9.10. The minimum Gasteiger partial charge on any atom is -0.507 e. The van der Waals surface area contributed by atoms with Crippen LogP contribution in [0.25, 0.3) is 27.5 Å². The molecule has 150 valence electrons. The van der Waals surface area contributed by atoms with E-state index in [9.17, 15) is 5.11 Å². The fraction of sp³-hybridized carbons (Fsp3) is 0.308. The molecule has 0 aliphatic rings. The number of phenolic OH excluding ortho intramolecular Hbond substituents is 1. The first-order chi connectivity index (χ1) is 13.5. The number of aromatic nitrogens is 1. The van der Waals surface area contributed by atoms with Crippen LogP contribution in [0.1, 0.15) is 52.7 Å². The highest BCUT2D eigenvalue weighted by Gasteiger charge is 2.28. The van der Waals surface area contributed by atoms with Crippen molar-refractivity contribution < 1.29 is 5.11 Å². The first-order valence-corrected chi connectivity index (χ1v) is 10.8. The summed E-state index contributed by atoms with van der Waals surface area (Å²) < 4.78 is 3.29. The molecule has 2 heterocycles. The topological polar surface area (TPSA) is 24.6 Å². The Morgan fingerprint density at radius 3 is 1.97 bits per heavy atom. The Hall–Kier alpha value is -2.26. The number of hydrogen-bond donors (Lipinski definition) is 1. The quantitative estimate of drug-likeness (QED) is 0.314. The third-order valence-corrected chi connectivity index (χ3v) is 6.09. The van der Waals surface area contributed by atoms with Crippen LogP contribution < -0.4 is 0 Å². The summed E-state index contributed by atoms with van der Waals surface area (Å²) >= 11 is 3.61. The van der Waals surface area contributed by atoms with Crippen molar-refractivity contribution in [2.75, 3.05) is 0 Å². The molecule has 2 aromatic carbocycles. The lowest BCUT2D eigenvalue weighted by Crippen LogP contribution is -2.17. The highest BCUT2D eigenvalue weighted by atomic mass is 79.9. The first-order valence-electron chi connectivity index (χ1n) is 10.0. The van der Waals surface area contributed by atoms with Crippen LogP contribution >= 0.6 is 15.9 Å². The lowest BCUT2D eigenvalue weighted by Gasteiger charge is -2.28. The molecule has 4 aromatic rings. The summed E-state index contributed by atoms with van der Waals surface area (Å²) in [5.41, 5.74) is 6.37. The van der Waals surface area contributed by atoms with E-state index in [0.29, 0.717) is 5.75 Å². The summed E-state index contributed by atoms with van der Waals surface area (Å²) in [6.07, 6.45) is 2.12. The number of fused-ring (bicyclic) bond motifs is 3. The van der Waals surface area contributed by atoms with Crippen LogP contribution in [0.4, 0.5) is 0 Å². The predicted molar refractivity (Wildman–Crippen MR) is 127 cm³/mol. The molecule has 0 saturated carbocycles. The van der Waals surface area contributed by atoms with Crippen molar-refractivity contribution in [3.8, 4) is 16.9 Å². The van der Waals surface area contributed by atoms with Crippen LogP contribution in [0.15, 0.2) is 59.2 Å². The number of pyridine rings is 1. The minimum absolute atomic E-state index is 0.158. The maximum atomic E-state index is 11.1. The molecule has 1 N–H and O–H groups in total. The lowest BCUT2D eigenvalue weighted by molar-refractivity contribution is 0.423. The number of phenols is 1. The molecule has 0 spiro atoms. The number of nitrogens with zero attached hydrogens (tertiary/aromatic N) is 1. The van der Waals surface area contributed by atoms with E-state index in [-0.39, 0.29) is 10.8 Å². The average Bonchev–Trinajstić information content (AvgIpc) is 2.94. The van der Waals surface area contributed by atoms with E-state index in [2.05, 4.69) is 117 Å². The van der Waals surface area contributed by atoms with Crippen molar-refractivity contribution >= 4 is 32.3 Å². The van der Waals surface area contributed by atoms with Gasteiger partial charge in [0, 0.05) is 32.7 Å². The van der Waals surface area contributed by atoms with Crippen LogP contribution in [-0.2, 0) is 10.8 Å². The number of aromatic hydroxyl groups is 1. The summed E-state index contributed by atoms with van der Waals surface area (Å²) in [6.45, 7) is 12.9. The smallest absolute Gasteiger partial charge is 0.123 e. The molecule has 3 heteroatoms. The highest BCUT2D eigenvalue weighted by Crippen LogP contribution is 2.44. The Morgan fingerprint density at radius 2 is 1.38 bits per heavy atom. The van der Waals surface area contributed by atoms with Gasteiger partial charge in [0.25, 0.3) is 0 Å². The maximum Gasteiger partial charge on any atom is 0.123 e. The summed E-state index contributed by atoms with van der Waals surface area (Å²) in [4.78, 5) is 0. The Kier molecular flexibility index (Phi) is 4.58. The van der Waals surface area contributed by atoms with E-state index in [1.54, 1.807) is 0 Å². The van der Waals surface area contributed by atoms with Gasteiger partial charge in [-0.15, -0.1) is 0 Å². The molecular formula is C26H28BrNO. The molecule has 29 heavy (non-hydrogen) atoms. The molecule has 4 rings (SSSR count). The lowest BCUT2D eigenvalue weighted by atomic mass is 9.77. The molecule has 0 amide bonds. The third-order valence-electron chi connectivity index (χ3n) is 5.62. The van der Waals surface area contributed by atoms with Crippen molar-refractivity contribution in [1.82, 2.24) is 4.40 Å². The molecule has 0 atom stereocenters. The SMILES string of the molecule is CC(C)(C)c1cc(-c2c3ccccc3n3cc(Br)ccc23)cc(C(C)(C)C)c1O. The average molecular weight is 450 g/mol. The number of halogens is 1. The molecule has 2 aromatic heterocycles. The molecule has 0 bridgehead atoms. The van der Waals surface area contributed by atoms with E-state index in [1.165, 1.54) is 22.0 Å². The molecule has 0 aliphatic carbocycles. The van der Waals surface area contributed by atoms with Gasteiger partial charge in [-0.25, -0.2) is 0 Å². The predicted octanol–water partition coefficient (Wildman–Crippen LogP) is 7.82. The van der Waals surface area contributed by atoms with Crippen LogP contribution in [-0.4, -0.2) is 9.51 Å². The Balaban J connectivity index is 2.16. The normalized spacial score (nSPS) is 12.8. The van der Waals surface area contributed by atoms with E-state index in [1.807, 2.05) is 0 Å². The van der Waals surface area contributed by atoms with Crippen LogP contribution in [0.5, 0.6) is 5.75 Å². The molecular weight excluding hydrogens is 422 g/mol.